The molecule has 0 fully saturated rings. The van der Waals surface area contributed by atoms with Crippen LogP contribution in [0.1, 0.15) is 5.56 Å². The topological polar surface area (TPSA) is 86.1 Å². The molecule has 4 aromatic rings. The third-order valence-corrected chi connectivity index (χ3v) is 4.67. The fraction of sp³-hybridized carbons (Fsp3) is 0.130. The van der Waals surface area contributed by atoms with Crippen LogP contribution in [0, 0.1) is 0 Å². The molecule has 0 saturated carbocycles. The number of hydrogen-bond donors (Lipinski definition) is 1. The number of fused-ring (bicyclic) bond motifs is 1. The first-order valence-corrected chi connectivity index (χ1v) is 9.47. The lowest BCUT2D eigenvalue weighted by atomic mass is 10.1. The molecule has 0 aliphatic carbocycles. The van der Waals surface area contributed by atoms with Crippen LogP contribution in [0.3, 0.4) is 0 Å². The molecule has 4 rings (SSSR count). The molecule has 0 saturated heterocycles. The maximum Gasteiger partial charge on any atom is 0.274 e. The van der Waals surface area contributed by atoms with Crippen molar-refractivity contribution in [1.29, 1.82) is 0 Å². The minimum absolute atomic E-state index is 0.0827. The summed E-state index contributed by atoms with van der Waals surface area (Å²) in [6, 6.07) is 18.4. The van der Waals surface area contributed by atoms with E-state index in [1.807, 2.05) is 42.5 Å². The molecule has 0 spiro atoms. The Kier molecular flexibility index (Phi) is 5.52. The predicted molar refractivity (Wildman–Crippen MR) is 114 cm³/mol. The minimum atomic E-state index is -0.214. The number of carbonyl (C=O) groups excluding carboxylic acids is 1. The van der Waals surface area contributed by atoms with E-state index in [9.17, 15) is 9.59 Å². The summed E-state index contributed by atoms with van der Waals surface area (Å²) in [5, 5.41) is 8.63. The second kappa shape index (κ2) is 8.57. The number of aromatic nitrogens is 3. The molecule has 2 heterocycles. The number of aryl methyl sites for hydroxylation is 1. The Bertz CT molecular complexity index is 1240. The first-order chi connectivity index (χ1) is 14.6. The summed E-state index contributed by atoms with van der Waals surface area (Å²) >= 11 is 0. The van der Waals surface area contributed by atoms with Crippen LogP contribution in [-0.4, -0.2) is 27.3 Å². The maximum absolute atomic E-state index is 12.3. The molecule has 0 unspecified atom stereocenters. The first-order valence-electron chi connectivity index (χ1n) is 9.47. The molecule has 0 aliphatic rings. The second-order valence-corrected chi connectivity index (χ2v) is 6.77. The molecule has 150 valence electrons. The van der Waals surface area contributed by atoms with Gasteiger partial charge >= 0.3 is 0 Å². The molecular formula is C23H20N4O3. The van der Waals surface area contributed by atoms with Gasteiger partial charge in [-0.25, -0.2) is 4.68 Å². The van der Waals surface area contributed by atoms with E-state index in [0.29, 0.717) is 23.4 Å². The Balaban J connectivity index is 1.44. The van der Waals surface area contributed by atoms with Crippen molar-refractivity contribution in [3.05, 3.63) is 89.0 Å². The average molecular weight is 400 g/mol. The summed E-state index contributed by atoms with van der Waals surface area (Å²) in [5.41, 5.74) is 2.36. The number of hydrogen-bond acceptors (Lipinski definition) is 5. The highest BCUT2D eigenvalue weighted by Gasteiger charge is 2.11. The monoisotopic (exact) mass is 400 g/mol. The molecule has 2 aromatic heterocycles. The third-order valence-electron chi connectivity index (χ3n) is 4.67. The molecular weight excluding hydrogens is 380 g/mol. The van der Waals surface area contributed by atoms with E-state index in [-0.39, 0.29) is 18.1 Å². The summed E-state index contributed by atoms with van der Waals surface area (Å²) in [7, 11) is 1.64. The summed E-state index contributed by atoms with van der Waals surface area (Å²) in [4.78, 5) is 28.3. The summed E-state index contributed by atoms with van der Waals surface area (Å²) < 4.78 is 6.92. The zero-order chi connectivity index (χ0) is 20.9. The Hall–Kier alpha value is -4.00. The zero-order valence-electron chi connectivity index (χ0n) is 16.4. The molecule has 0 radical (unpaired) electrons. The van der Waals surface area contributed by atoms with E-state index < -0.39 is 0 Å². The second-order valence-electron chi connectivity index (χ2n) is 6.77. The van der Waals surface area contributed by atoms with Crippen molar-refractivity contribution in [3.8, 4) is 17.0 Å². The van der Waals surface area contributed by atoms with Gasteiger partial charge in [-0.15, -0.1) is 0 Å². The van der Waals surface area contributed by atoms with Gasteiger partial charge in [0, 0.05) is 36.9 Å². The van der Waals surface area contributed by atoms with Gasteiger partial charge in [0.05, 0.1) is 11.1 Å². The Morgan fingerprint density at radius 2 is 1.80 bits per heavy atom. The van der Waals surface area contributed by atoms with Crippen LogP contribution in [0.4, 0.5) is 0 Å². The highest BCUT2D eigenvalue weighted by atomic mass is 16.5. The average Bonchev–Trinajstić information content (AvgIpc) is 2.80. The SMILES string of the molecule is Cn1nc(-c2ccc(OCC(=O)NCc3cccnc3)cc2)c2ccccc2c1=O. The van der Waals surface area contributed by atoms with E-state index in [0.717, 1.165) is 16.5 Å². The first kappa shape index (κ1) is 19.3. The van der Waals surface area contributed by atoms with Gasteiger partial charge in [-0.1, -0.05) is 24.3 Å². The lowest BCUT2D eigenvalue weighted by molar-refractivity contribution is -0.123. The van der Waals surface area contributed by atoms with Crippen molar-refractivity contribution >= 4 is 16.7 Å². The van der Waals surface area contributed by atoms with Crippen LogP contribution < -0.4 is 15.6 Å². The highest BCUT2D eigenvalue weighted by molar-refractivity contribution is 5.93. The van der Waals surface area contributed by atoms with Gasteiger partial charge in [-0.3, -0.25) is 14.6 Å². The van der Waals surface area contributed by atoms with E-state index >= 15 is 0 Å². The van der Waals surface area contributed by atoms with Crippen LogP contribution in [0.25, 0.3) is 22.0 Å². The van der Waals surface area contributed by atoms with Crippen molar-refractivity contribution in [1.82, 2.24) is 20.1 Å². The van der Waals surface area contributed by atoms with E-state index in [1.165, 1.54) is 4.68 Å². The number of rotatable bonds is 6. The Morgan fingerprint density at radius 1 is 1.03 bits per heavy atom. The summed E-state index contributed by atoms with van der Waals surface area (Å²) in [6.45, 7) is 0.321. The number of benzene rings is 2. The molecule has 30 heavy (non-hydrogen) atoms. The Labute approximate surface area is 173 Å². The molecule has 2 aromatic carbocycles. The van der Waals surface area contributed by atoms with Crippen LogP contribution >= 0.6 is 0 Å². The fourth-order valence-electron chi connectivity index (χ4n) is 3.13. The summed E-state index contributed by atoms with van der Waals surface area (Å²) in [6.07, 6.45) is 3.39. The van der Waals surface area contributed by atoms with Crippen LogP contribution in [-0.2, 0) is 18.4 Å². The number of pyridine rings is 1. The fourth-order valence-corrected chi connectivity index (χ4v) is 3.13. The van der Waals surface area contributed by atoms with Crippen molar-refractivity contribution in [2.24, 2.45) is 7.05 Å². The summed E-state index contributed by atoms with van der Waals surface area (Å²) in [5.74, 6) is 0.359. The lowest BCUT2D eigenvalue weighted by Crippen LogP contribution is -2.28. The minimum Gasteiger partial charge on any atom is -0.484 e. The highest BCUT2D eigenvalue weighted by Crippen LogP contribution is 2.26. The van der Waals surface area contributed by atoms with Gasteiger partial charge in [0.25, 0.3) is 11.5 Å². The number of ether oxygens (including phenoxy) is 1. The van der Waals surface area contributed by atoms with Crippen molar-refractivity contribution < 1.29 is 9.53 Å². The van der Waals surface area contributed by atoms with Gasteiger partial charge in [-0.05, 0) is 42.0 Å². The largest absolute Gasteiger partial charge is 0.484 e. The van der Waals surface area contributed by atoms with Crippen molar-refractivity contribution in [2.75, 3.05) is 6.61 Å². The van der Waals surface area contributed by atoms with Crippen LogP contribution in [0.2, 0.25) is 0 Å². The predicted octanol–water partition coefficient (Wildman–Crippen LogP) is 2.69. The van der Waals surface area contributed by atoms with Gasteiger partial charge in [0.2, 0.25) is 0 Å². The lowest BCUT2D eigenvalue weighted by Gasteiger charge is -2.10. The van der Waals surface area contributed by atoms with Crippen molar-refractivity contribution in [2.45, 2.75) is 6.54 Å². The standard InChI is InChI=1S/C23H20N4O3/c1-27-23(29)20-7-3-2-6-19(20)22(26-27)17-8-10-18(11-9-17)30-15-21(28)25-14-16-5-4-12-24-13-16/h2-13H,14-15H2,1H3,(H,25,28). The van der Waals surface area contributed by atoms with E-state index in [1.54, 1.807) is 37.6 Å². The quantitative estimate of drug-likeness (QED) is 0.538. The molecule has 1 N–H and O–H groups in total. The molecule has 0 aliphatic heterocycles. The molecule has 7 heteroatoms. The third kappa shape index (κ3) is 4.20. The number of nitrogens with one attached hydrogen (secondary N) is 1. The van der Waals surface area contributed by atoms with E-state index in [4.69, 9.17) is 4.74 Å². The molecule has 0 atom stereocenters. The zero-order valence-corrected chi connectivity index (χ0v) is 16.4. The molecule has 1 amide bonds. The number of nitrogens with zero attached hydrogens (tertiary/aromatic N) is 3. The molecule has 0 bridgehead atoms. The van der Waals surface area contributed by atoms with Crippen LogP contribution in [0.15, 0.2) is 77.9 Å². The van der Waals surface area contributed by atoms with E-state index in [2.05, 4.69) is 15.4 Å². The normalized spacial score (nSPS) is 10.7. The van der Waals surface area contributed by atoms with Crippen molar-refractivity contribution in [3.63, 3.8) is 0 Å². The van der Waals surface area contributed by atoms with Gasteiger partial charge in [0.1, 0.15) is 5.75 Å². The van der Waals surface area contributed by atoms with Gasteiger partial charge in [-0.2, -0.15) is 5.10 Å². The smallest absolute Gasteiger partial charge is 0.274 e. The van der Waals surface area contributed by atoms with Crippen LogP contribution in [0.5, 0.6) is 5.75 Å². The number of amides is 1. The molecule has 7 nitrogen and oxygen atoms in total. The van der Waals surface area contributed by atoms with Gasteiger partial charge < -0.3 is 10.1 Å². The van der Waals surface area contributed by atoms with Gasteiger partial charge in [0.15, 0.2) is 6.61 Å². The Morgan fingerprint density at radius 3 is 2.53 bits per heavy atom. The number of carbonyl (C=O) groups is 1. The maximum atomic E-state index is 12.3.